The number of β-amino-alcohol motifs (C(OH)–C–C–N with tert-alkyl or cyclic N) is 1. The number of hydrogen-bond acceptors (Lipinski definition) is 8. The molecule has 3 rings (SSSR count). The van der Waals surface area contributed by atoms with Crippen LogP contribution in [0.2, 0.25) is 0 Å². The van der Waals surface area contributed by atoms with Gasteiger partial charge in [-0.2, -0.15) is 4.31 Å². The molecule has 0 radical (unpaired) electrons. The Bertz CT molecular complexity index is 848. The largest absolute Gasteiger partial charge is 0.484 e. The maximum absolute atomic E-state index is 12.7. The van der Waals surface area contributed by atoms with Gasteiger partial charge in [-0.15, -0.1) is 0 Å². The van der Waals surface area contributed by atoms with Gasteiger partial charge < -0.3 is 14.6 Å². The average Bonchev–Trinajstić information content (AvgIpc) is 3.21. The number of morpholine rings is 1. The van der Waals surface area contributed by atoms with E-state index in [0.29, 0.717) is 32.7 Å². The Morgan fingerprint density at radius 2 is 1.90 bits per heavy atom. The molecule has 1 aromatic rings. The van der Waals surface area contributed by atoms with E-state index in [1.165, 1.54) is 16.4 Å². The van der Waals surface area contributed by atoms with Crippen molar-refractivity contribution in [2.45, 2.75) is 49.9 Å². The van der Waals surface area contributed by atoms with E-state index >= 15 is 0 Å². The molecule has 0 unspecified atom stereocenters. The smallest absolute Gasteiger partial charge is 0.312 e. The normalized spacial score (nSPS) is 24.6. The van der Waals surface area contributed by atoms with Gasteiger partial charge in [0.2, 0.25) is 10.0 Å². The third-order valence-corrected chi connectivity index (χ3v) is 7.12. The molecular formula is C19H29N3O7S. The van der Waals surface area contributed by atoms with Crippen molar-refractivity contribution in [3.8, 4) is 5.75 Å². The second kappa shape index (κ2) is 9.56. The lowest BCUT2D eigenvalue weighted by molar-refractivity contribution is -0.386. The highest BCUT2D eigenvalue weighted by atomic mass is 32.2. The minimum Gasteiger partial charge on any atom is -0.484 e. The molecule has 2 aliphatic rings. The molecule has 0 bridgehead atoms. The topological polar surface area (TPSA) is 122 Å². The first-order valence-corrected chi connectivity index (χ1v) is 11.6. The summed E-state index contributed by atoms with van der Waals surface area (Å²) in [7, 11) is -3.77. The zero-order chi connectivity index (χ0) is 21.9. The molecule has 11 heteroatoms. The number of hydrogen-bond donors (Lipinski definition) is 1. The van der Waals surface area contributed by atoms with Crippen LogP contribution in [0.5, 0.6) is 5.75 Å². The molecule has 0 amide bonds. The number of nitrogens with zero attached hydrogens (tertiary/aromatic N) is 3. The molecule has 30 heavy (non-hydrogen) atoms. The number of aliphatic hydroxyl groups is 1. The van der Waals surface area contributed by atoms with Crippen LogP contribution in [0.25, 0.3) is 0 Å². The van der Waals surface area contributed by atoms with Crippen LogP contribution >= 0.6 is 0 Å². The van der Waals surface area contributed by atoms with Crippen LogP contribution in [0, 0.1) is 10.1 Å². The molecule has 1 N–H and O–H groups in total. The summed E-state index contributed by atoms with van der Waals surface area (Å²) in [6.45, 7) is 6.35. The van der Waals surface area contributed by atoms with E-state index in [-0.39, 0.29) is 29.5 Å². The van der Waals surface area contributed by atoms with E-state index in [1.54, 1.807) is 0 Å². The summed E-state index contributed by atoms with van der Waals surface area (Å²) in [6.07, 6.45) is 0.832. The molecule has 1 aromatic carbocycles. The molecular weight excluding hydrogens is 414 g/mol. The first kappa shape index (κ1) is 22.9. The predicted octanol–water partition coefficient (Wildman–Crippen LogP) is 1.23. The van der Waals surface area contributed by atoms with Crippen LogP contribution in [0.1, 0.15) is 26.7 Å². The summed E-state index contributed by atoms with van der Waals surface area (Å²) in [6, 6.07) is 3.63. The van der Waals surface area contributed by atoms with Crippen LogP contribution in [0.15, 0.2) is 23.1 Å². The number of nitro benzene ring substituents is 1. The first-order valence-electron chi connectivity index (χ1n) is 10.1. The molecule has 2 saturated heterocycles. The molecule has 0 aromatic heterocycles. The second-order valence-corrected chi connectivity index (χ2v) is 9.88. The van der Waals surface area contributed by atoms with Gasteiger partial charge >= 0.3 is 5.69 Å². The van der Waals surface area contributed by atoms with E-state index < -0.39 is 26.7 Å². The van der Waals surface area contributed by atoms with Crippen molar-refractivity contribution in [2.24, 2.45) is 0 Å². The minimum absolute atomic E-state index is 0.0630. The Labute approximate surface area is 176 Å². The molecule has 3 atom stereocenters. The molecule has 10 nitrogen and oxygen atoms in total. The molecule has 0 saturated carbocycles. The number of sulfonamides is 1. The molecule has 0 aliphatic carbocycles. The van der Waals surface area contributed by atoms with Gasteiger partial charge in [0.15, 0.2) is 5.75 Å². The van der Waals surface area contributed by atoms with Crippen LogP contribution in [-0.2, 0) is 14.8 Å². The highest BCUT2D eigenvalue weighted by molar-refractivity contribution is 7.89. The number of aliphatic hydroxyl groups excluding tert-OH is 1. The van der Waals surface area contributed by atoms with Gasteiger partial charge in [-0.25, -0.2) is 8.42 Å². The van der Waals surface area contributed by atoms with Gasteiger partial charge in [-0.1, -0.05) is 0 Å². The number of rotatable bonds is 8. The van der Waals surface area contributed by atoms with Crippen LogP contribution in [-0.4, -0.2) is 85.3 Å². The highest BCUT2D eigenvalue weighted by Gasteiger charge is 2.30. The van der Waals surface area contributed by atoms with Crippen molar-refractivity contribution in [3.05, 3.63) is 28.3 Å². The van der Waals surface area contributed by atoms with E-state index in [2.05, 4.69) is 4.90 Å². The standard InChI is InChI=1S/C19H29N3O7S/c1-14-10-20(11-15(2)29-14)12-16(23)13-28-19-6-5-17(9-18(19)22(24)25)30(26,27)21-7-3-4-8-21/h5-6,9,14-16,23H,3-4,7-8,10-13H2,1-2H3/t14-,15-,16+/m1/s1. The van der Waals surface area contributed by atoms with Crippen molar-refractivity contribution in [1.82, 2.24) is 9.21 Å². The fraction of sp³-hybridized carbons (Fsp3) is 0.684. The molecule has 0 spiro atoms. The van der Waals surface area contributed by atoms with Gasteiger partial charge in [-0.05, 0) is 38.8 Å². The monoisotopic (exact) mass is 443 g/mol. The van der Waals surface area contributed by atoms with Crippen LogP contribution in [0.3, 0.4) is 0 Å². The van der Waals surface area contributed by atoms with Crippen molar-refractivity contribution in [2.75, 3.05) is 39.3 Å². The Hall–Kier alpha value is -1.79. The summed E-state index contributed by atoms with van der Waals surface area (Å²) in [4.78, 5) is 12.8. The summed E-state index contributed by atoms with van der Waals surface area (Å²) >= 11 is 0. The Morgan fingerprint density at radius 1 is 1.27 bits per heavy atom. The zero-order valence-electron chi connectivity index (χ0n) is 17.3. The van der Waals surface area contributed by atoms with Gasteiger partial charge in [0.05, 0.1) is 22.0 Å². The third kappa shape index (κ3) is 5.46. The average molecular weight is 444 g/mol. The maximum atomic E-state index is 12.7. The van der Waals surface area contributed by atoms with Crippen LogP contribution < -0.4 is 4.74 Å². The quantitative estimate of drug-likeness (QED) is 0.470. The van der Waals surface area contributed by atoms with Gasteiger partial charge in [0, 0.05) is 38.8 Å². The van der Waals surface area contributed by atoms with Gasteiger partial charge in [-0.3, -0.25) is 15.0 Å². The number of ether oxygens (including phenoxy) is 2. The summed E-state index contributed by atoms with van der Waals surface area (Å²) in [5.41, 5.74) is -0.434. The molecule has 2 aliphatic heterocycles. The predicted molar refractivity (Wildman–Crippen MR) is 109 cm³/mol. The van der Waals surface area contributed by atoms with Gasteiger partial charge in [0.1, 0.15) is 12.7 Å². The summed E-state index contributed by atoms with van der Waals surface area (Å²) in [5, 5.41) is 21.8. The molecule has 2 fully saturated rings. The lowest BCUT2D eigenvalue weighted by Crippen LogP contribution is -2.48. The van der Waals surface area contributed by atoms with E-state index in [4.69, 9.17) is 9.47 Å². The molecule has 168 valence electrons. The van der Waals surface area contributed by atoms with Crippen LogP contribution in [0.4, 0.5) is 5.69 Å². The molecule has 2 heterocycles. The zero-order valence-corrected chi connectivity index (χ0v) is 18.1. The van der Waals surface area contributed by atoms with Crippen molar-refractivity contribution >= 4 is 15.7 Å². The fourth-order valence-electron chi connectivity index (χ4n) is 3.97. The van der Waals surface area contributed by atoms with Gasteiger partial charge in [0.25, 0.3) is 0 Å². The van der Waals surface area contributed by atoms with E-state index in [0.717, 1.165) is 18.9 Å². The SMILES string of the molecule is C[C@@H]1CN(C[C@H](O)COc2ccc(S(=O)(=O)N3CCCC3)cc2[N+](=O)[O-])C[C@@H](C)O1. The van der Waals surface area contributed by atoms with E-state index in [1.807, 2.05) is 13.8 Å². The Kier molecular flexibility index (Phi) is 7.30. The first-order chi connectivity index (χ1) is 14.2. The Balaban J connectivity index is 1.66. The number of benzene rings is 1. The summed E-state index contributed by atoms with van der Waals surface area (Å²) in [5.74, 6) is -0.0665. The summed E-state index contributed by atoms with van der Waals surface area (Å²) < 4.78 is 37.8. The fourth-order valence-corrected chi connectivity index (χ4v) is 5.51. The maximum Gasteiger partial charge on any atom is 0.312 e. The minimum atomic E-state index is -3.77. The number of nitro groups is 1. The third-order valence-electron chi connectivity index (χ3n) is 5.23. The Morgan fingerprint density at radius 3 is 2.50 bits per heavy atom. The lowest BCUT2D eigenvalue weighted by atomic mass is 10.2. The van der Waals surface area contributed by atoms with Crippen molar-refractivity contribution in [1.29, 1.82) is 0 Å². The second-order valence-electron chi connectivity index (χ2n) is 7.94. The van der Waals surface area contributed by atoms with Crippen molar-refractivity contribution < 1.29 is 27.9 Å². The highest BCUT2D eigenvalue weighted by Crippen LogP contribution is 2.32. The van der Waals surface area contributed by atoms with E-state index in [9.17, 15) is 23.6 Å². The lowest BCUT2D eigenvalue weighted by Gasteiger charge is -2.36. The van der Waals surface area contributed by atoms with Crippen molar-refractivity contribution in [3.63, 3.8) is 0 Å².